The molecule has 1 aliphatic heterocycles. The second-order valence-electron chi connectivity index (χ2n) is 8.10. The van der Waals surface area contributed by atoms with Crippen LogP contribution in [0.2, 0.25) is 0 Å². The van der Waals surface area contributed by atoms with E-state index in [4.69, 9.17) is 4.42 Å². The maximum absolute atomic E-state index is 12.7. The van der Waals surface area contributed by atoms with Gasteiger partial charge in [-0.1, -0.05) is 25.0 Å². The van der Waals surface area contributed by atoms with Crippen LogP contribution in [0.5, 0.6) is 0 Å². The van der Waals surface area contributed by atoms with Gasteiger partial charge in [-0.15, -0.1) is 0 Å². The van der Waals surface area contributed by atoms with E-state index in [-0.39, 0.29) is 18.2 Å². The summed E-state index contributed by atoms with van der Waals surface area (Å²) >= 11 is 0. The Morgan fingerprint density at radius 2 is 1.68 bits per heavy atom. The second kappa shape index (κ2) is 9.16. The summed E-state index contributed by atoms with van der Waals surface area (Å²) in [6.07, 6.45) is 4.50. The van der Waals surface area contributed by atoms with Crippen LogP contribution >= 0.6 is 0 Å². The smallest absolute Gasteiger partial charge is 0.336 e. The highest BCUT2D eigenvalue weighted by Crippen LogP contribution is 2.20. The van der Waals surface area contributed by atoms with Crippen molar-refractivity contribution in [2.75, 3.05) is 18.4 Å². The standard InChI is InChI=1S/C25H26N2O4/c1-17-6-11-21-19(16-24(29)31-22(21)14-17)15-23(28)26-20-9-7-18(8-10-20)25(30)27-12-4-2-3-5-13-27/h6-11,14,16H,2-5,12-13,15H2,1H3,(H,26,28). The fourth-order valence-corrected chi connectivity index (χ4v) is 4.01. The number of fused-ring (bicyclic) bond motifs is 1. The van der Waals surface area contributed by atoms with Crippen LogP contribution in [-0.4, -0.2) is 29.8 Å². The Labute approximate surface area is 180 Å². The molecule has 1 saturated heterocycles. The van der Waals surface area contributed by atoms with E-state index < -0.39 is 5.63 Å². The lowest BCUT2D eigenvalue weighted by Gasteiger charge is -2.20. The number of anilines is 1. The minimum Gasteiger partial charge on any atom is -0.423 e. The van der Waals surface area contributed by atoms with E-state index in [2.05, 4.69) is 5.32 Å². The quantitative estimate of drug-likeness (QED) is 0.641. The highest BCUT2D eigenvalue weighted by atomic mass is 16.4. The number of nitrogens with zero attached hydrogens (tertiary/aromatic N) is 1. The topological polar surface area (TPSA) is 79.6 Å². The molecule has 2 amide bonds. The summed E-state index contributed by atoms with van der Waals surface area (Å²) in [6.45, 7) is 3.52. The molecule has 6 heteroatoms. The molecule has 160 valence electrons. The first kappa shape index (κ1) is 20.8. The molecule has 0 atom stereocenters. The Hall–Kier alpha value is -3.41. The Morgan fingerprint density at radius 1 is 0.968 bits per heavy atom. The first-order valence-corrected chi connectivity index (χ1v) is 10.7. The third-order valence-electron chi connectivity index (χ3n) is 5.65. The highest BCUT2D eigenvalue weighted by molar-refractivity contribution is 5.97. The van der Waals surface area contributed by atoms with Crippen LogP contribution in [0.25, 0.3) is 11.0 Å². The predicted octanol–water partition coefficient (Wildman–Crippen LogP) is 4.30. The van der Waals surface area contributed by atoms with Crippen molar-refractivity contribution < 1.29 is 14.0 Å². The van der Waals surface area contributed by atoms with Crippen molar-refractivity contribution in [3.63, 3.8) is 0 Å². The summed E-state index contributed by atoms with van der Waals surface area (Å²) < 4.78 is 5.25. The van der Waals surface area contributed by atoms with Gasteiger partial charge in [-0.25, -0.2) is 4.79 Å². The summed E-state index contributed by atoms with van der Waals surface area (Å²) in [4.78, 5) is 39.1. The first-order valence-electron chi connectivity index (χ1n) is 10.7. The molecule has 6 nitrogen and oxygen atoms in total. The monoisotopic (exact) mass is 418 g/mol. The number of amides is 2. The third kappa shape index (κ3) is 5.02. The molecule has 1 aliphatic rings. The molecular weight excluding hydrogens is 392 g/mol. The van der Waals surface area contributed by atoms with E-state index in [1.165, 1.54) is 18.9 Å². The number of hydrogen-bond donors (Lipinski definition) is 1. The Kier molecular flexibility index (Phi) is 6.16. The third-order valence-corrected chi connectivity index (χ3v) is 5.65. The summed E-state index contributed by atoms with van der Waals surface area (Å²) in [5, 5.41) is 3.59. The first-order chi connectivity index (χ1) is 15.0. The average Bonchev–Trinajstić information content (AvgIpc) is 3.03. The maximum atomic E-state index is 12.7. The van der Waals surface area contributed by atoms with E-state index >= 15 is 0 Å². The van der Waals surface area contributed by atoms with Crippen molar-refractivity contribution in [2.24, 2.45) is 0 Å². The summed E-state index contributed by atoms with van der Waals surface area (Å²) in [5.74, 6) is -0.198. The lowest BCUT2D eigenvalue weighted by Crippen LogP contribution is -2.31. The van der Waals surface area contributed by atoms with Crippen molar-refractivity contribution >= 4 is 28.5 Å². The Morgan fingerprint density at radius 3 is 2.39 bits per heavy atom. The van der Waals surface area contributed by atoms with Crippen LogP contribution in [0.4, 0.5) is 5.69 Å². The number of carbonyl (C=O) groups is 2. The molecule has 0 bridgehead atoms. The van der Waals surface area contributed by atoms with Gasteiger partial charge in [-0.2, -0.15) is 0 Å². The van der Waals surface area contributed by atoms with Gasteiger partial charge in [0.15, 0.2) is 0 Å². The summed E-state index contributed by atoms with van der Waals surface area (Å²) in [5.41, 5.74) is 2.84. The Balaban J connectivity index is 1.44. The van der Waals surface area contributed by atoms with Crippen molar-refractivity contribution in [2.45, 2.75) is 39.0 Å². The van der Waals surface area contributed by atoms with E-state index in [1.54, 1.807) is 30.3 Å². The molecule has 1 fully saturated rings. The van der Waals surface area contributed by atoms with Crippen LogP contribution in [0.15, 0.2) is 57.7 Å². The predicted molar refractivity (Wildman–Crippen MR) is 120 cm³/mol. The molecule has 1 N–H and O–H groups in total. The zero-order chi connectivity index (χ0) is 21.8. The van der Waals surface area contributed by atoms with Crippen LogP contribution in [-0.2, 0) is 11.2 Å². The normalized spacial score (nSPS) is 14.3. The molecule has 31 heavy (non-hydrogen) atoms. The minimum absolute atomic E-state index is 0.0394. The van der Waals surface area contributed by atoms with Gasteiger partial charge in [-0.05, 0) is 61.2 Å². The zero-order valence-electron chi connectivity index (χ0n) is 17.6. The number of aryl methyl sites for hydroxylation is 1. The highest BCUT2D eigenvalue weighted by Gasteiger charge is 2.17. The molecule has 0 aliphatic carbocycles. The molecule has 3 aromatic rings. The number of nitrogens with one attached hydrogen (secondary N) is 1. The number of carbonyl (C=O) groups excluding carboxylic acids is 2. The zero-order valence-corrected chi connectivity index (χ0v) is 17.6. The van der Waals surface area contributed by atoms with Crippen molar-refractivity contribution in [1.29, 1.82) is 0 Å². The molecular formula is C25H26N2O4. The van der Waals surface area contributed by atoms with Gasteiger partial charge in [0.05, 0.1) is 6.42 Å². The lowest BCUT2D eigenvalue weighted by atomic mass is 10.1. The molecule has 1 aromatic heterocycles. The minimum atomic E-state index is -0.475. The van der Waals surface area contributed by atoms with E-state index in [0.717, 1.165) is 36.9 Å². The van der Waals surface area contributed by atoms with Gasteiger partial charge in [0, 0.05) is 35.8 Å². The second-order valence-corrected chi connectivity index (χ2v) is 8.10. The van der Waals surface area contributed by atoms with Gasteiger partial charge >= 0.3 is 5.63 Å². The number of hydrogen-bond acceptors (Lipinski definition) is 4. The molecule has 2 heterocycles. The van der Waals surface area contributed by atoms with Gasteiger partial charge in [-0.3, -0.25) is 9.59 Å². The number of rotatable bonds is 4. The molecule has 4 rings (SSSR count). The van der Waals surface area contributed by atoms with Crippen LogP contribution < -0.4 is 10.9 Å². The van der Waals surface area contributed by atoms with Gasteiger partial charge in [0.2, 0.25) is 5.91 Å². The molecule has 0 spiro atoms. The van der Waals surface area contributed by atoms with Crippen LogP contribution in [0.1, 0.15) is 47.2 Å². The van der Waals surface area contributed by atoms with E-state index in [1.807, 2.05) is 24.0 Å². The van der Waals surface area contributed by atoms with Crippen molar-refractivity contribution in [3.05, 3.63) is 75.6 Å². The fraction of sp³-hybridized carbons (Fsp3) is 0.320. The molecule has 0 radical (unpaired) electrons. The van der Waals surface area contributed by atoms with E-state index in [9.17, 15) is 14.4 Å². The van der Waals surface area contributed by atoms with Gasteiger partial charge in [0.25, 0.3) is 5.91 Å². The molecule has 2 aromatic carbocycles. The molecule has 0 unspecified atom stereocenters. The van der Waals surface area contributed by atoms with Crippen molar-refractivity contribution in [3.8, 4) is 0 Å². The van der Waals surface area contributed by atoms with Crippen molar-refractivity contribution in [1.82, 2.24) is 4.90 Å². The van der Waals surface area contributed by atoms with E-state index in [0.29, 0.717) is 22.4 Å². The molecule has 0 saturated carbocycles. The summed E-state index contributed by atoms with van der Waals surface area (Å²) in [7, 11) is 0. The van der Waals surface area contributed by atoms with Crippen LogP contribution in [0.3, 0.4) is 0 Å². The average molecular weight is 418 g/mol. The van der Waals surface area contributed by atoms with Gasteiger partial charge in [0.1, 0.15) is 5.58 Å². The maximum Gasteiger partial charge on any atom is 0.336 e. The summed E-state index contributed by atoms with van der Waals surface area (Å²) in [6, 6.07) is 13.9. The largest absolute Gasteiger partial charge is 0.423 e. The Bertz CT molecular complexity index is 1160. The lowest BCUT2D eigenvalue weighted by molar-refractivity contribution is -0.115. The number of likely N-dealkylation sites (tertiary alicyclic amines) is 1. The fourth-order valence-electron chi connectivity index (χ4n) is 4.01. The van der Waals surface area contributed by atoms with Crippen LogP contribution in [0, 0.1) is 6.92 Å². The SMILES string of the molecule is Cc1ccc2c(CC(=O)Nc3ccc(C(=O)N4CCCCCC4)cc3)cc(=O)oc2c1. The number of benzene rings is 2. The van der Waals surface area contributed by atoms with Gasteiger partial charge < -0.3 is 14.6 Å².